The fraction of sp³-hybridized carbons (Fsp3) is 0.250. The zero-order valence-electron chi connectivity index (χ0n) is 7.45. The zero-order valence-corrected chi connectivity index (χ0v) is 9.04. The molecular formula is C8H8BrN3O2. The average molecular weight is 258 g/mol. The number of aromatic nitrogens is 2. The molecule has 0 atom stereocenters. The molecular weight excluding hydrogens is 250 g/mol. The monoisotopic (exact) mass is 257 g/mol. The highest BCUT2D eigenvalue weighted by Gasteiger charge is 2.03. The number of halogens is 1. The summed E-state index contributed by atoms with van der Waals surface area (Å²) in [6.45, 7) is 0.141. The van der Waals surface area contributed by atoms with Gasteiger partial charge < -0.3 is 4.74 Å². The zero-order chi connectivity index (χ0) is 10.4. The Kier molecular flexibility index (Phi) is 4.16. The molecule has 0 saturated carbocycles. The third kappa shape index (κ3) is 2.87. The van der Waals surface area contributed by atoms with Crippen molar-refractivity contribution >= 4 is 21.9 Å². The topological polar surface area (TPSA) is 56.3 Å². The first-order valence-electron chi connectivity index (χ1n) is 3.65. The Hall–Kier alpha value is -1.32. The summed E-state index contributed by atoms with van der Waals surface area (Å²) in [6, 6.07) is 0. The minimum atomic E-state index is 0.141. The molecule has 0 bridgehead atoms. The van der Waals surface area contributed by atoms with Gasteiger partial charge in [-0.2, -0.15) is 4.98 Å². The molecule has 14 heavy (non-hydrogen) atoms. The molecule has 1 aromatic rings. The Morgan fingerprint density at radius 2 is 2.50 bits per heavy atom. The van der Waals surface area contributed by atoms with Crippen LogP contribution < -0.4 is 10.2 Å². The fourth-order valence-corrected chi connectivity index (χ4v) is 1.04. The Morgan fingerprint density at radius 1 is 1.71 bits per heavy atom. The minimum Gasteiger partial charge on any atom is -0.480 e. The number of rotatable bonds is 4. The van der Waals surface area contributed by atoms with Gasteiger partial charge in [-0.15, -0.1) is 6.42 Å². The van der Waals surface area contributed by atoms with Gasteiger partial charge in [-0.25, -0.2) is 10.5 Å². The van der Waals surface area contributed by atoms with Crippen LogP contribution in [0.15, 0.2) is 10.7 Å². The number of nitrogens with zero attached hydrogens (tertiary/aromatic N) is 2. The lowest BCUT2D eigenvalue weighted by Crippen LogP contribution is -2.05. The van der Waals surface area contributed by atoms with E-state index in [0.29, 0.717) is 16.3 Å². The van der Waals surface area contributed by atoms with Crippen LogP contribution >= 0.6 is 15.9 Å². The van der Waals surface area contributed by atoms with Crippen LogP contribution in [0.3, 0.4) is 0 Å². The predicted octanol–water partition coefficient (Wildman–Crippen LogP) is 1.22. The van der Waals surface area contributed by atoms with Crippen molar-refractivity contribution in [1.29, 1.82) is 0 Å². The molecule has 1 N–H and O–H groups in total. The first-order valence-corrected chi connectivity index (χ1v) is 4.45. The van der Waals surface area contributed by atoms with Gasteiger partial charge in [-0.05, 0) is 15.9 Å². The first kappa shape index (κ1) is 10.8. The third-order valence-electron chi connectivity index (χ3n) is 1.22. The van der Waals surface area contributed by atoms with Crippen molar-refractivity contribution in [3.05, 3.63) is 10.7 Å². The number of nitrogens with one attached hydrogen (secondary N) is 1. The van der Waals surface area contributed by atoms with Gasteiger partial charge in [0.15, 0.2) is 0 Å². The third-order valence-corrected chi connectivity index (χ3v) is 1.77. The molecule has 0 aromatic carbocycles. The second-order valence-electron chi connectivity index (χ2n) is 2.15. The van der Waals surface area contributed by atoms with Crippen LogP contribution in [0.25, 0.3) is 0 Å². The van der Waals surface area contributed by atoms with Gasteiger partial charge in [0.25, 0.3) is 0 Å². The van der Waals surface area contributed by atoms with E-state index in [1.807, 2.05) is 0 Å². The maximum absolute atomic E-state index is 4.98. The molecule has 0 aliphatic carbocycles. The molecule has 0 fully saturated rings. The van der Waals surface area contributed by atoms with Crippen molar-refractivity contribution in [2.45, 2.75) is 0 Å². The largest absolute Gasteiger partial charge is 0.480 e. The summed E-state index contributed by atoms with van der Waals surface area (Å²) in [4.78, 5) is 12.7. The predicted molar refractivity (Wildman–Crippen MR) is 54.7 cm³/mol. The Bertz CT molecular complexity index is 351. The van der Waals surface area contributed by atoms with Gasteiger partial charge in [0.05, 0.1) is 17.8 Å². The van der Waals surface area contributed by atoms with Gasteiger partial charge in [-0.1, -0.05) is 5.92 Å². The lowest BCUT2D eigenvalue weighted by atomic mass is 10.6. The Morgan fingerprint density at radius 3 is 3.14 bits per heavy atom. The van der Waals surface area contributed by atoms with Crippen molar-refractivity contribution in [2.24, 2.45) is 0 Å². The van der Waals surface area contributed by atoms with Crippen molar-refractivity contribution in [3.8, 4) is 18.2 Å². The lowest BCUT2D eigenvalue weighted by molar-refractivity contribution is 0.230. The maximum atomic E-state index is 4.98. The van der Waals surface area contributed by atoms with Crippen LogP contribution in [0.2, 0.25) is 0 Å². The van der Waals surface area contributed by atoms with Crippen LogP contribution in [0.5, 0.6) is 5.88 Å². The first-order chi connectivity index (χ1) is 6.77. The van der Waals surface area contributed by atoms with E-state index in [2.05, 4.69) is 37.3 Å². The highest BCUT2D eigenvalue weighted by atomic mass is 79.9. The van der Waals surface area contributed by atoms with Crippen LogP contribution in [0.4, 0.5) is 5.95 Å². The molecule has 1 aromatic heterocycles. The van der Waals surface area contributed by atoms with E-state index in [1.165, 1.54) is 7.11 Å². The number of hydrogen-bond donors (Lipinski definition) is 1. The van der Waals surface area contributed by atoms with E-state index in [0.717, 1.165) is 0 Å². The molecule has 0 saturated heterocycles. The van der Waals surface area contributed by atoms with Crippen molar-refractivity contribution in [1.82, 2.24) is 9.97 Å². The summed E-state index contributed by atoms with van der Waals surface area (Å²) in [7, 11) is 1.51. The molecule has 74 valence electrons. The van der Waals surface area contributed by atoms with Crippen LogP contribution in [-0.2, 0) is 4.84 Å². The van der Waals surface area contributed by atoms with Crippen molar-refractivity contribution < 1.29 is 9.57 Å². The molecule has 1 rings (SSSR count). The second-order valence-corrected chi connectivity index (χ2v) is 3.00. The molecule has 0 aliphatic heterocycles. The molecule has 5 nitrogen and oxygen atoms in total. The summed E-state index contributed by atoms with van der Waals surface area (Å²) in [6.07, 6.45) is 6.53. The van der Waals surface area contributed by atoms with E-state index < -0.39 is 0 Å². The van der Waals surface area contributed by atoms with E-state index in [4.69, 9.17) is 16.0 Å². The summed E-state index contributed by atoms with van der Waals surface area (Å²) >= 11 is 3.22. The Balaban J connectivity index is 2.65. The molecule has 0 radical (unpaired) electrons. The van der Waals surface area contributed by atoms with Crippen LogP contribution in [0, 0.1) is 12.3 Å². The Labute approximate surface area is 89.9 Å². The highest BCUT2D eigenvalue weighted by Crippen LogP contribution is 2.21. The SMILES string of the molecule is C#CCONc1ncc(Br)c(OC)n1. The standard InChI is InChI=1S/C8H8BrN3O2/c1-3-4-14-12-8-10-5-6(9)7(11-8)13-2/h1,5H,4H2,2H3,(H,10,11,12). The summed E-state index contributed by atoms with van der Waals surface area (Å²) < 4.78 is 5.63. The van der Waals surface area contributed by atoms with Crippen molar-refractivity contribution in [2.75, 3.05) is 19.2 Å². The van der Waals surface area contributed by atoms with E-state index in [1.54, 1.807) is 6.20 Å². The van der Waals surface area contributed by atoms with E-state index in [-0.39, 0.29) is 6.61 Å². The van der Waals surface area contributed by atoms with Crippen LogP contribution in [0.1, 0.15) is 0 Å². The van der Waals surface area contributed by atoms with Gasteiger partial charge >= 0.3 is 0 Å². The normalized spacial score (nSPS) is 9.21. The van der Waals surface area contributed by atoms with E-state index in [9.17, 15) is 0 Å². The summed E-state index contributed by atoms with van der Waals surface area (Å²) in [5.74, 6) is 3.01. The van der Waals surface area contributed by atoms with Gasteiger partial charge in [0, 0.05) is 0 Å². The number of ether oxygens (including phenoxy) is 1. The highest BCUT2D eigenvalue weighted by molar-refractivity contribution is 9.10. The van der Waals surface area contributed by atoms with Crippen LogP contribution in [-0.4, -0.2) is 23.7 Å². The fourth-order valence-electron chi connectivity index (χ4n) is 0.686. The number of terminal acetylenes is 1. The summed E-state index contributed by atoms with van der Waals surface area (Å²) in [5, 5.41) is 0. The quantitative estimate of drug-likeness (QED) is 0.500. The molecule has 0 amide bonds. The van der Waals surface area contributed by atoms with E-state index >= 15 is 0 Å². The number of hydrogen-bond acceptors (Lipinski definition) is 5. The number of anilines is 1. The molecule has 0 spiro atoms. The molecule has 1 heterocycles. The summed E-state index contributed by atoms with van der Waals surface area (Å²) in [5.41, 5.74) is 2.48. The average Bonchev–Trinajstić information content (AvgIpc) is 2.21. The number of methoxy groups -OCH3 is 1. The second kappa shape index (κ2) is 5.42. The molecule has 6 heteroatoms. The van der Waals surface area contributed by atoms with Gasteiger partial charge in [0.2, 0.25) is 11.8 Å². The molecule has 0 aliphatic rings. The minimum absolute atomic E-state index is 0.141. The van der Waals surface area contributed by atoms with Crippen molar-refractivity contribution in [3.63, 3.8) is 0 Å². The smallest absolute Gasteiger partial charge is 0.250 e. The lowest BCUT2D eigenvalue weighted by Gasteiger charge is -2.05. The van der Waals surface area contributed by atoms with Gasteiger partial charge in [0.1, 0.15) is 6.61 Å². The molecule has 0 unspecified atom stereocenters. The maximum Gasteiger partial charge on any atom is 0.250 e. The van der Waals surface area contributed by atoms with Gasteiger partial charge in [-0.3, -0.25) is 4.84 Å².